The number of aromatic nitrogens is 2. The summed E-state index contributed by atoms with van der Waals surface area (Å²) in [6.45, 7) is 0. The van der Waals surface area contributed by atoms with Crippen LogP contribution in [0.25, 0.3) is 66.1 Å². The average Bonchev–Trinajstić information content (AvgIpc) is 3.81. The Hall–Kier alpha value is -7.20. The second-order valence-corrected chi connectivity index (χ2v) is 18.7. The second kappa shape index (κ2) is 13.5. The SMILES string of the molecule is c1ccc(-c2cccc3c2c2cc(-n4c5ccccc5c5ccc([Si](c6ccccc6)(c6ccccc6)c6ccccc6)cc54)ccc2n3-c2ccccc2)cc1. The van der Waals surface area contributed by atoms with Gasteiger partial charge in [0.25, 0.3) is 0 Å². The minimum atomic E-state index is -2.77. The fraction of sp³-hybridized carbons (Fsp3) is 0. The Kier molecular flexibility index (Phi) is 7.87. The molecule has 0 radical (unpaired) electrons. The lowest BCUT2D eigenvalue weighted by atomic mass is 9.99. The molecule has 9 aromatic carbocycles. The van der Waals surface area contributed by atoms with Crippen molar-refractivity contribution in [2.75, 3.05) is 0 Å². The summed E-state index contributed by atoms with van der Waals surface area (Å²) in [4.78, 5) is 0. The molecule has 0 N–H and O–H groups in total. The molecule has 2 nitrogen and oxygen atoms in total. The summed E-state index contributed by atoms with van der Waals surface area (Å²) in [5.74, 6) is 0. The van der Waals surface area contributed by atoms with Gasteiger partial charge in [-0.05, 0) is 80.4 Å². The monoisotopic (exact) mass is 742 g/mol. The first kappa shape index (κ1) is 33.2. The Morgan fingerprint density at radius 1 is 0.281 bits per heavy atom. The standard InChI is InChI=1S/C54H38N2Si/c1-6-19-39(20-7-1)46-30-18-32-52-54(46)49-37-41(33-36-51(49)55(52)40-21-8-2-9-22-40)56-50-31-17-16-29-47(50)48-35-34-45(38-53(48)56)57(42-23-10-3-11-24-42,43-25-12-4-13-26-43)44-27-14-5-15-28-44/h1-38H. The van der Waals surface area contributed by atoms with Crippen molar-refractivity contribution in [3.8, 4) is 22.5 Å². The van der Waals surface area contributed by atoms with Crippen LogP contribution in [-0.4, -0.2) is 17.2 Å². The molecule has 0 bridgehead atoms. The van der Waals surface area contributed by atoms with Crippen LogP contribution in [0.4, 0.5) is 0 Å². The van der Waals surface area contributed by atoms with Crippen molar-refractivity contribution in [3.63, 3.8) is 0 Å². The van der Waals surface area contributed by atoms with E-state index in [1.54, 1.807) is 0 Å². The number of hydrogen-bond donors (Lipinski definition) is 0. The van der Waals surface area contributed by atoms with Gasteiger partial charge in [-0.25, -0.2) is 0 Å². The van der Waals surface area contributed by atoms with Gasteiger partial charge >= 0.3 is 0 Å². The molecule has 57 heavy (non-hydrogen) atoms. The van der Waals surface area contributed by atoms with Crippen LogP contribution in [0.1, 0.15) is 0 Å². The first-order chi connectivity index (χ1) is 28.3. The number of fused-ring (bicyclic) bond motifs is 6. The highest BCUT2D eigenvalue weighted by atomic mass is 28.3. The van der Waals surface area contributed by atoms with Gasteiger partial charge in [-0.2, -0.15) is 0 Å². The van der Waals surface area contributed by atoms with E-state index in [0.29, 0.717) is 0 Å². The normalized spacial score (nSPS) is 11.9. The number of benzene rings is 9. The molecule has 0 aliphatic carbocycles. The summed E-state index contributed by atoms with van der Waals surface area (Å²) in [7, 11) is -2.77. The Balaban J connectivity index is 1.24. The third-order valence-corrected chi connectivity index (χ3v) is 16.6. The molecule has 0 saturated heterocycles. The van der Waals surface area contributed by atoms with Crippen LogP contribution in [0, 0.1) is 0 Å². The number of para-hydroxylation sites is 2. The smallest absolute Gasteiger partial charge is 0.179 e. The van der Waals surface area contributed by atoms with Crippen LogP contribution in [0.15, 0.2) is 231 Å². The molecular formula is C54H38N2Si. The first-order valence-electron chi connectivity index (χ1n) is 19.7. The molecule has 0 atom stereocenters. The van der Waals surface area contributed by atoms with E-state index >= 15 is 0 Å². The topological polar surface area (TPSA) is 9.86 Å². The summed E-state index contributed by atoms with van der Waals surface area (Å²) in [6.07, 6.45) is 0. The van der Waals surface area contributed by atoms with Gasteiger partial charge in [-0.15, -0.1) is 0 Å². The molecule has 0 aliphatic heterocycles. The molecule has 0 amide bonds. The Morgan fingerprint density at radius 2 is 0.789 bits per heavy atom. The molecule has 0 spiro atoms. The van der Waals surface area contributed by atoms with Crippen LogP contribution >= 0.6 is 0 Å². The van der Waals surface area contributed by atoms with Crippen molar-refractivity contribution in [1.29, 1.82) is 0 Å². The van der Waals surface area contributed by atoms with Crippen LogP contribution in [-0.2, 0) is 0 Å². The van der Waals surface area contributed by atoms with Crippen LogP contribution in [0.5, 0.6) is 0 Å². The van der Waals surface area contributed by atoms with Gasteiger partial charge in [0.1, 0.15) is 0 Å². The fourth-order valence-corrected chi connectivity index (χ4v) is 14.2. The Bertz CT molecular complexity index is 3110. The average molecular weight is 743 g/mol. The van der Waals surface area contributed by atoms with Gasteiger partial charge in [0.05, 0.1) is 22.1 Å². The van der Waals surface area contributed by atoms with E-state index in [4.69, 9.17) is 0 Å². The number of rotatable bonds is 7. The predicted molar refractivity (Wildman–Crippen MR) is 244 cm³/mol. The van der Waals surface area contributed by atoms with Gasteiger partial charge < -0.3 is 9.13 Å². The highest BCUT2D eigenvalue weighted by molar-refractivity contribution is 7.20. The van der Waals surface area contributed by atoms with Gasteiger partial charge in [0.2, 0.25) is 0 Å². The molecule has 268 valence electrons. The molecule has 0 aliphatic rings. The fourth-order valence-electron chi connectivity index (χ4n) is 9.46. The zero-order chi connectivity index (χ0) is 37.8. The van der Waals surface area contributed by atoms with Crippen molar-refractivity contribution in [2.45, 2.75) is 0 Å². The quantitative estimate of drug-likeness (QED) is 0.114. The number of nitrogens with zero attached hydrogens (tertiary/aromatic N) is 2. The molecule has 0 saturated carbocycles. The predicted octanol–water partition coefficient (Wildman–Crippen LogP) is 10.9. The summed E-state index contributed by atoms with van der Waals surface area (Å²) in [5, 5.41) is 10.5. The molecule has 11 rings (SSSR count). The maximum atomic E-state index is 2.52. The third kappa shape index (κ3) is 5.17. The van der Waals surface area contributed by atoms with E-state index in [1.807, 2.05) is 0 Å². The minimum absolute atomic E-state index is 1.15. The van der Waals surface area contributed by atoms with Gasteiger partial charge in [0, 0.05) is 32.9 Å². The van der Waals surface area contributed by atoms with Gasteiger partial charge in [0.15, 0.2) is 8.07 Å². The lowest BCUT2D eigenvalue weighted by Gasteiger charge is -2.34. The molecule has 11 aromatic rings. The van der Waals surface area contributed by atoms with Gasteiger partial charge in [-0.3, -0.25) is 0 Å². The Morgan fingerprint density at radius 3 is 1.44 bits per heavy atom. The van der Waals surface area contributed by atoms with E-state index in [9.17, 15) is 0 Å². The largest absolute Gasteiger partial charge is 0.309 e. The molecule has 2 heterocycles. The van der Waals surface area contributed by atoms with E-state index < -0.39 is 8.07 Å². The van der Waals surface area contributed by atoms with Crippen molar-refractivity contribution >= 4 is 72.4 Å². The molecule has 3 heteroatoms. The molecule has 0 unspecified atom stereocenters. The second-order valence-electron chi connectivity index (χ2n) is 14.9. The van der Waals surface area contributed by atoms with E-state index in [2.05, 4.69) is 240 Å². The van der Waals surface area contributed by atoms with Crippen molar-refractivity contribution in [2.24, 2.45) is 0 Å². The van der Waals surface area contributed by atoms with E-state index in [1.165, 1.54) is 75.5 Å². The molecule has 0 fully saturated rings. The molecule has 2 aromatic heterocycles. The summed E-state index contributed by atoms with van der Waals surface area (Å²) in [5.41, 5.74) is 9.54. The van der Waals surface area contributed by atoms with Gasteiger partial charge in [-0.1, -0.05) is 182 Å². The zero-order valence-electron chi connectivity index (χ0n) is 31.3. The van der Waals surface area contributed by atoms with Crippen LogP contribution < -0.4 is 20.7 Å². The van der Waals surface area contributed by atoms with E-state index in [-0.39, 0.29) is 0 Å². The lowest BCUT2D eigenvalue weighted by molar-refractivity contribution is 1.17. The lowest BCUT2D eigenvalue weighted by Crippen LogP contribution is -2.74. The van der Waals surface area contributed by atoms with Crippen molar-refractivity contribution < 1.29 is 0 Å². The third-order valence-electron chi connectivity index (χ3n) is 11.9. The summed E-state index contributed by atoms with van der Waals surface area (Å²) in [6, 6.07) is 85.2. The van der Waals surface area contributed by atoms with Crippen molar-refractivity contribution in [3.05, 3.63) is 231 Å². The maximum absolute atomic E-state index is 2.77. The highest BCUT2D eigenvalue weighted by Gasteiger charge is 2.41. The highest BCUT2D eigenvalue weighted by Crippen LogP contribution is 2.40. The maximum Gasteiger partial charge on any atom is 0.179 e. The Labute approximate surface area is 333 Å². The van der Waals surface area contributed by atoms with Crippen LogP contribution in [0.3, 0.4) is 0 Å². The minimum Gasteiger partial charge on any atom is -0.309 e. The summed E-state index contributed by atoms with van der Waals surface area (Å²) < 4.78 is 4.93. The van der Waals surface area contributed by atoms with Crippen molar-refractivity contribution in [1.82, 2.24) is 9.13 Å². The number of hydrogen-bond acceptors (Lipinski definition) is 0. The zero-order valence-corrected chi connectivity index (χ0v) is 32.3. The van der Waals surface area contributed by atoms with Crippen LogP contribution in [0.2, 0.25) is 0 Å². The molecular weight excluding hydrogens is 705 g/mol. The summed E-state index contributed by atoms with van der Waals surface area (Å²) >= 11 is 0. The first-order valence-corrected chi connectivity index (χ1v) is 21.7. The van der Waals surface area contributed by atoms with E-state index in [0.717, 1.165) is 11.4 Å².